The number of nitrogens with one attached hydrogen (secondary N) is 2. The fourth-order valence-electron chi connectivity index (χ4n) is 2.40. The Balaban J connectivity index is 1.87. The van der Waals surface area contributed by atoms with Crippen molar-refractivity contribution in [3.63, 3.8) is 0 Å². The summed E-state index contributed by atoms with van der Waals surface area (Å²) in [5.74, 6) is 0.0863. The Morgan fingerprint density at radius 1 is 1.50 bits per heavy atom. The van der Waals surface area contributed by atoms with Gasteiger partial charge in [-0.1, -0.05) is 6.07 Å². The smallest absolute Gasteiger partial charge is 0.315 e. The van der Waals surface area contributed by atoms with E-state index in [4.69, 9.17) is 4.74 Å². The third kappa shape index (κ3) is 4.10. The zero-order chi connectivity index (χ0) is 16.2. The van der Waals surface area contributed by atoms with Gasteiger partial charge in [-0.2, -0.15) is 0 Å². The van der Waals surface area contributed by atoms with Crippen molar-refractivity contribution in [2.24, 2.45) is 5.92 Å². The molecule has 0 heterocycles. The maximum Gasteiger partial charge on any atom is 0.315 e. The zero-order valence-corrected chi connectivity index (χ0v) is 13.0. The summed E-state index contributed by atoms with van der Waals surface area (Å²) in [5.41, 5.74) is 0.0574. The van der Waals surface area contributed by atoms with Crippen LogP contribution < -0.4 is 15.4 Å². The van der Waals surface area contributed by atoms with E-state index < -0.39 is 11.4 Å². The number of hydrogen-bond acceptors (Lipinski definition) is 3. The minimum absolute atomic E-state index is 0.0945. The minimum atomic E-state index is -0.589. The van der Waals surface area contributed by atoms with E-state index in [0.717, 1.165) is 12.8 Å². The molecule has 1 saturated carbocycles. The van der Waals surface area contributed by atoms with E-state index in [-0.39, 0.29) is 24.9 Å². The van der Waals surface area contributed by atoms with Crippen molar-refractivity contribution in [3.8, 4) is 5.75 Å². The molecule has 0 spiro atoms. The Kier molecular flexibility index (Phi) is 5.24. The van der Waals surface area contributed by atoms with Gasteiger partial charge in [0, 0.05) is 6.54 Å². The predicted molar refractivity (Wildman–Crippen MR) is 81.2 cm³/mol. The van der Waals surface area contributed by atoms with Crippen LogP contribution in [0.15, 0.2) is 18.2 Å². The van der Waals surface area contributed by atoms with Crippen LogP contribution in [0.4, 0.5) is 9.18 Å². The van der Waals surface area contributed by atoms with Crippen LogP contribution in [-0.2, 0) is 6.54 Å². The molecule has 1 aliphatic rings. The Morgan fingerprint density at radius 2 is 2.23 bits per heavy atom. The summed E-state index contributed by atoms with van der Waals surface area (Å²) in [7, 11) is 0. The number of benzene rings is 1. The lowest BCUT2D eigenvalue weighted by Gasteiger charge is -2.28. The Labute approximate surface area is 129 Å². The van der Waals surface area contributed by atoms with E-state index >= 15 is 0 Å². The first-order chi connectivity index (χ1) is 10.5. The van der Waals surface area contributed by atoms with Crippen LogP contribution in [0, 0.1) is 11.7 Å². The number of amides is 2. The SMILES string of the molecule is CCOc1ccc(CNC(=O)NC(C)(CO)C2CC2)cc1F. The van der Waals surface area contributed by atoms with Gasteiger partial charge in [-0.25, -0.2) is 9.18 Å². The van der Waals surface area contributed by atoms with Crippen molar-refractivity contribution in [1.29, 1.82) is 0 Å². The molecule has 3 N–H and O–H groups in total. The fourth-order valence-corrected chi connectivity index (χ4v) is 2.40. The molecule has 122 valence electrons. The summed E-state index contributed by atoms with van der Waals surface area (Å²) >= 11 is 0. The van der Waals surface area contributed by atoms with Crippen molar-refractivity contribution in [2.45, 2.75) is 38.8 Å². The second-order valence-corrected chi connectivity index (χ2v) is 5.86. The number of urea groups is 1. The van der Waals surface area contributed by atoms with E-state index in [9.17, 15) is 14.3 Å². The highest BCUT2D eigenvalue weighted by molar-refractivity contribution is 5.74. The van der Waals surface area contributed by atoms with Crippen LogP contribution in [0.5, 0.6) is 5.75 Å². The van der Waals surface area contributed by atoms with Gasteiger partial charge in [-0.05, 0) is 50.3 Å². The van der Waals surface area contributed by atoms with Crippen LogP contribution in [0.1, 0.15) is 32.3 Å². The second-order valence-electron chi connectivity index (χ2n) is 5.86. The van der Waals surface area contributed by atoms with Gasteiger partial charge in [0.1, 0.15) is 0 Å². The zero-order valence-electron chi connectivity index (χ0n) is 13.0. The molecule has 1 aromatic carbocycles. The number of aliphatic hydroxyl groups excluding tert-OH is 1. The molecule has 1 atom stereocenters. The molecule has 1 unspecified atom stereocenters. The van der Waals surface area contributed by atoms with Gasteiger partial charge in [-0.15, -0.1) is 0 Å². The van der Waals surface area contributed by atoms with Gasteiger partial charge in [0.05, 0.1) is 18.8 Å². The maximum atomic E-state index is 13.7. The molecule has 6 heteroatoms. The highest BCUT2D eigenvalue weighted by Crippen LogP contribution is 2.39. The highest BCUT2D eigenvalue weighted by atomic mass is 19.1. The Hall–Kier alpha value is -1.82. The van der Waals surface area contributed by atoms with Crippen LogP contribution in [0.25, 0.3) is 0 Å². The molecule has 22 heavy (non-hydrogen) atoms. The first-order valence-corrected chi connectivity index (χ1v) is 7.56. The third-order valence-electron chi connectivity index (χ3n) is 3.96. The number of rotatable bonds is 7. The number of carbonyl (C=O) groups excluding carboxylic acids is 1. The summed E-state index contributed by atoms with van der Waals surface area (Å²) in [6.07, 6.45) is 2.03. The van der Waals surface area contributed by atoms with Gasteiger partial charge in [0.2, 0.25) is 0 Å². The van der Waals surface area contributed by atoms with Gasteiger partial charge in [-0.3, -0.25) is 0 Å². The van der Waals surface area contributed by atoms with Crippen molar-refractivity contribution >= 4 is 6.03 Å². The lowest BCUT2D eigenvalue weighted by molar-refractivity contribution is 0.155. The number of ether oxygens (including phenoxy) is 1. The van der Waals surface area contributed by atoms with Gasteiger partial charge >= 0.3 is 6.03 Å². The van der Waals surface area contributed by atoms with E-state index in [1.165, 1.54) is 6.07 Å². The number of aliphatic hydroxyl groups is 1. The molecule has 0 saturated heterocycles. The molecule has 5 nitrogen and oxygen atoms in total. The first-order valence-electron chi connectivity index (χ1n) is 7.56. The van der Waals surface area contributed by atoms with E-state index in [0.29, 0.717) is 18.1 Å². The van der Waals surface area contributed by atoms with E-state index in [2.05, 4.69) is 10.6 Å². The van der Waals surface area contributed by atoms with Crippen molar-refractivity contribution in [3.05, 3.63) is 29.6 Å². The van der Waals surface area contributed by atoms with E-state index in [1.807, 2.05) is 6.92 Å². The summed E-state index contributed by atoms with van der Waals surface area (Å²) in [4.78, 5) is 11.9. The molecule has 0 aliphatic heterocycles. The third-order valence-corrected chi connectivity index (χ3v) is 3.96. The molecule has 1 aliphatic carbocycles. The molecule has 0 aromatic heterocycles. The van der Waals surface area contributed by atoms with E-state index in [1.54, 1.807) is 19.1 Å². The van der Waals surface area contributed by atoms with Gasteiger partial charge in [0.25, 0.3) is 0 Å². The number of halogens is 1. The standard InChI is InChI=1S/C16H23FN2O3/c1-3-22-14-7-4-11(8-13(14)17)9-18-15(21)19-16(2,10-20)12-5-6-12/h4,7-8,12,20H,3,5-6,9-10H2,1-2H3,(H2,18,19,21). The van der Waals surface area contributed by atoms with Crippen LogP contribution in [0.3, 0.4) is 0 Å². The summed E-state index contributed by atoms with van der Waals surface area (Å²) in [6, 6.07) is 4.24. The average Bonchev–Trinajstić information content (AvgIpc) is 3.33. The molecular weight excluding hydrogens is 287 g/mol. The summed E-state index contributed by atoms with van der Waals surface area (Å²) in [5, 5.41) is 14.9. The summed E-state index contributed by atoms with van der Waals surface area (Å²) in [6.45, 7) is 4.14. The van der Waals surface area contributed by atoms with Gasteiger partial charge < -0.3 is 20.5 Å². The lowest BCUT2D eigenvalue weighted by Crippen LogP contribution is -2.53. The van der Waals surface area contributed by atoms with Crippen LogP contribution in [-0.4, -0.2) is 29.9 Å². The number of carbonyl (C=O) groups is 1. The number of hydrogen-bond donors (Lipinski definition) is 3. The van der Waals surface area contributed by atoms with Gasteiger partial charge in [0.15, 0.2) is 11.6 Å². The Morgan fingerprint density at radius 3 is 2.77 bits per heavy atom. The Bertz CT molecular complexity index is 534. The van der Waals surface area contributed by atoms with Crippen molar-refractivity contribution < 1.29 is 19.0 Å². The molecule has 2 rings (SSSR count). The topological polar surface area (TPSA) is 70.6 Å². The molecule has 0 bridgehead atoms. The maximum absolute atomic E-state index is 13.7. The van der Waals surface area contributed by atoms with Crippen LogP contribution in [0.2, 0.25) is 0 Å². The molecule has 1 fully saturated rings. The second kappa shape index (κ2) is 6.96. The quantitative estimate of drug-likeness (QED) is 0.723. The molecular formula is C16H23FN2O3. The fraction of sp³-hybridized carbons (Fsp3) is 0.562. The predicted octanol–water partition coefficient (Wildman–Crippen LogP) is 2.18. The molecule has 0 radical (unpaired) electrons. The highest BCUT2D eigenvalue weighted by Gasteiger charge is 2.42. The molecule has 1 aromatic rings. The summed E-state index contributed by atoms with van der Waals surface area (Å²) < 4.78 is 18.8. The average molecular weight is 310 g/mol. The van der Waals surface area contributed by atoms with Crippen LogP contribution >= 0.6 is 0 Å². The minimum Gasteiger partial charge on any atom is -0.491 e. The first kappa shape index (κ1) is 16.5. The molecule has 2 amide bonds. The van der Waals surface area contributed by atoms with Crippen molar-refractivity contribution in [1.82, 2.24) is 10.6 Å². The monoisotopic (exact) mass is 310 g/mol. The normalized spacial score (nSPS) is 16.7. The lowest BCUT2D eigenvalue weighted by atomic mass is 9.97. The van der Waals surface area contributed by atoms with Crippen molar-refractivity contribution in [2.75, 3.05) is 13.2 Å². The largest absolute Gasteiger partial charge is 0.491 e.